The second kappa shape index (κ2) is 23.1. The van der Waals surface area contributed by atoms with Crippen molar-refractivity contribution in [1.82, 2.24) is 0 Å². The summed E-state index contributed by atoms with van der Waals surface area (Å²) >= 11 is 0. The van der Waals surface area contributed by atoms with Crippen molar-refractivity contribution in [3.05, 3.63) is 91.0 Å². The van der Waals surface area contributed by atoms with Gasteiger partial charge in [0, 0.05) is 0 Å². The molecule has 3 rings (SSSR count). The first-order valence-electron chi connectivity index (χ1n) is 10.8. The van der Waals surface area contributed by atoms with E-state index in [1.807, 2.05) is 0 Å². The quantitative estimate of drug-likeness (QED) is 0.0939. The van der Waals surface area contributed by atoms with E-state index in [2.05, 4.69) is 13.6 Å². The Morgan fingerprint density at radius 2 is 0.458 bits per heavy atom. The van der Waals surface area contributed by atoms with Crippen molar-refractivity contribution in [2.24, 2.45) is 0 Å². The molecular formula is C18H24F6O18P6. The van der Waals surface area contributed by atoms with Crippen molar-refractivity contribution in [2.45, 2.75) is 0 Å². The molecule has 0 fully saturated rings. The predicted octanol–water partition coefficient (Wildman–Crippen LogP) is 6.55. The molecule has 9 N–H and O–H groups in total. The second-order valence-corrected chi connectivity index (χ2v) is 13.1. The van der Waals surface area contributed by atoms with Crippen LogP contribution >= 0.6 is 47.4 Å². The Morgan fingerprint density at radius 1 is 0.333 bits per heavy atom. The van der Waals surface area contributed by atoms with E-state index < -0.39 is 47.4 Å². The standard InChI is InChI=1S/3C6H6FO3P.3FH2O3P/c3*7-11(8,9)10-6-4-2-1-3-5-6;3*1-5(2,3)4/h3*1-5H,(H,8,9);3*(H2,2,3,4). The van der Waals surface area contributed by atoms with E-state index in [0.717, 1.165) is 0 Å². The van der Waals surface area contributed by atoms with Gasteiger partial charge in [0.1, 0.15) is 17.2 Å². The monoisotopic (exact) mass is 828 g/mol. The molecule has 30 heteroatoms. The van der Waals surface area contributed by atoms with Crippen LogP contribution in [0.1, 0.15) is 0 Å². The summed E-state index contributed by atoms with van der Waals surface area (Å²) < 4.78 is 135. The average molecular weight is 828 g/mol. The van der Waals surface area contributed by atoms with E-state index in [1.54, 1.807) is 54.6 Å². The number of halogens is 6. The molecule has 0 aliphatic carbocycles. The van der Waals surface area contributed by atoms with Crippen LogP contribution in [0.5, 0.6) is 17.2 Å². The molecule has 0 saturated carbocycles. The van der Waals surface area contributed by atoms with Crippen LogP contribution in [0.2, 0.25) is 0 Å². The van der Waals surface area contributed by atoms with Gasteiger partial charge in [-0.05, 0) is 36.4 Å². The van der Waals surface area contributed by atoms with Gasteiger partial charge in [0.05, 0.1) is 0 Å². The zero-order valence-electron chi connectivity index (χ0n) is 22.8. The summed E-state index contributed by atoms with van der Waals surface area (Å²) in [5.41, 5.74) is 0. The van der Waals surface area contributed by atoms with Gasteiger partial charge in [-0.2, -0.15) is 0 Å². The predicted molar refractivity (Wildman–Crippen MR) is 153 cm³/mol. The van der Waals surface area contributed by atoms with Crippen molar-refractivity contribution in [2.75, 3.05) is 0 Å². The molecule has 0 aliphatic rings. The van der Waals surface area contributed by atoms with Crippen molar-refractivity contribution in [3.8, 4) is 17.2 Å². The highest BCUT2D eigenvalue weighted by atomic mass is 31.2. The normalized spacial score (nSPS) is 14.3. The SMILES string of the molecule is O=P(O)(F)Oc1ccccc1.O=P(O)(F)Oc1ccccc1.O=P(O)(F)Oc1ccccc1.O=P(O)(O)F.O=P(O)(O)F.O=P(O)(O)F. The van der Waals surface area contributed by atoms with E-state index in [-0.39, 0.29) is 17.2 Å². The molecular weight excluding hydrogens is 804 g/mol. The second-order valence-electron chi connectivity index (χ2n) is 6.99. The minimum atomic E-state index is -5.14. The number of para-hydroxylation sites is 3. The largest absolute Gasteiger partial charge is 0.567 e. The molecule has 0 saturated heterocycles. The third-order valence-electron chi connectivity index (χ3n) is 2.88. The van der Waals surface area contributed by atoms with Gasteiger partial charge in [-0.3, -0.25) is 44.0 Å². The Labute approximate surface area is 266 Å². The van der Waals surface area contributed by atoms with Crippen LogP contribution in [0.15, 0.2) is 91.0 Å². The van der Waals surface area contributed by atoms with Gasteiger partial charge in [0.2, 0.25) is 0 Å². The lowest BCUT2D eigenvalue weighted by Crippen LogP contribution is -1.84. The molecule has 0 spiro atoms. The molecule has 276 valence electrons. The van der Waals surface area contributed by atoms with Gasteiger partial charge in [-0.25, -0.2) is 27.4 Å². The lowest BCUT2D eigenvalue weighted by Gasteiger charge is -2.02. The van der Waals surface area contributed by atoms with Crippen LogP contribution in [0.3, 0.4) is 0 Å². The molecule has 3 unspecified atom stereocenters. The summed E-state index contributed by atoms with van der Waals surface area (Å²) in [5.74, 6) is 0.127. The van der Waals surface area contributed by atoms with Crippen molar-refractivity contribution >= 4 is 47.4 Å². The highest BCUT2D eigenvalue weighted by Gasteiger charge is 2.19. The minimum Gasteiger partial charge on any atom is -0.401 e. The van der Waals surface area contributed by atoms with Crippen LogP contribution in [0.25, 0.3) is 0 Å². The number of rotatable bonds is 6. The van der Waals surface area contributed by atoms with Crippen LogP contribution in [-0.4, -0.2) is 44.0 Å². The fourth-order valence-electron chi connectivity index (χ4n) is 1.83. The number of hydrogen-bond donors (Lipinski definition) is 9. The molecule has 0 bridgehead atoms. The van der Waals surface area contributed by atoms with Crippen LogP contribution < -0.4 is 13.6 Å². The van der Waals surface area contributed by atoms with Crippen molar-refractivity contribution in [3.63, 3.8) is 0 Å². The molecule has 3 aromatic rings. The fourth-order valence-corrected chi connectivity index (χ4v) is 2.98. The van der Waals surface area contributed by atoms with Crippen LogP contribution in [0, 0.1) is 0 Å². The Morgan fingerprint density at radius 3 is 0.562 bits per heavy atom. The highest BCUT2D eigenvalue weighted by Crippen LogP contribution is 2.45. The van der Waals surface area contributed by atoms with Gasteiger partial charge in [-0.15, -0.1) is 25.2 Å². The van der Waals surface area contributed by atoms with Crippen molar-refractivity contribution in [1.29, 1.82) is 0 Å². The summed E-state index contributed by atoms with van der Waals surface area (Å²) in [6, 6.07) is 22.9. The van der Waals surface area contributed by atoms with Gasteiger partial charge in [-0.1, -0.05) is 54.6 Å². The van der Waals surface area contributed by atoms with Crippen LogP contribution in [0.4, 0.5) is 25.2 Å². The first kappa shape index (κ1) is 50.0. The molecule has 18 nitrogen and oxygen atoms in total. The zero-order valence-corrected chi connectivity index (χ0v) is 28.2. The minimum absolute atomic E-state index is 0.0424. The molecule has 3 aromatic carbocycles. The average Bonchev–Trinajstić information content (AvgIpc) is 2.81. The first-order valence-corrected chi connectivity index (χ1v) is 19.7. The van der Waals surface area contributed by atoms with E-state index in [9.17, 15) is 38.9 Å². The third kappa shape index (κ3) is 59.1. The fraction of sp³-hybridized carbons (Fsp3) is 0. The Hall–Kier alpha value is -2.34. The topological polar surface area (TPSA) is 312 Å². The molecule has 0 aromatic heterocycles. The van der Waals surface area contributed by atoms with Gasteiger partial charge in [0.25, 0.3) is 0 Å². The van der Waals surface area contributed by atoms with E-state index >= 15 is 0 Å². The summed E-state index contributed by atoms with van der Waals surface area (Å²) in [7, 11) is -30.1. The Balaban J connectivity index is -0.000000527. The van der Waals surface area contributed by atoms with Crippen molar-refractivity contribution < 1.29 is 110 Å². The lowest BCUT2D eigenvalue weighted by molar-refractivity contribution is 0.320. The van der Waals surface area contributed by atoms with Crippen LogP contribution in [-0.2, 0) is 27.4 Å². The zero-order chi connectivity index (χ0) is 38.5. The summed E-state index contributed by atoms with van der Waals surface area (Å²) in [5, 5.41) is 0. The van der Waals surface area contributed by atoms with E-state index in [1.165, 1.54) is 36.4 Å². The van der Waals surface area contributed by atoms with Gasteiger partial charge >= 0.3 is 47.4 Å². The molecule has 48 heavy (non-hydrogen) atoms. The smallest absolute Gasteiger partial charge is 0.401 e. The first-order chi connectivity index (χ1) is 21.2. The van der Waals surface area contributed by atoms with E-state index in [0.29, 0.717) is 0 Å². The summed E-state index contributed by atoms with van der Waals surface area (Å²) in [6.45, 7) is 0. The van der Waals surface area contributed by atoms with Gasteiger partial charge in [0.15, 0.2) is 0 Å². The van der Waals surface area contributed by atoms with E-state index in [4.69, 9.17) is 57.7 Å². The third-order valence-corrected chi connectivity index (χ3v) is 4.19. The maximum atomic E-state index is 12.0. The van der Waals surface area contributed by atoms with Gasteiger partial charge < -0.3 is 13.6 Å². The highest BCUT2D eigenvalue weighted by molar-refractivity contribution is 7.48. The lowest BCUT2D eigenvalue weighted by atomic mass is 10.3. The maximum Gasteiger partial charge on any atom is 0.567 e. The number of hydrogen-bond acceptors (Lipinski definition) is 9. The molecule has 3 atom stereocenters. The molecule has 0 radical (unpaired) electrons. The summed E-state index contributed by atoms with van der Waals surface area (Å²) in [6.07, 6.45) is 0. The molecule has 0 amide bonds. The molecule has 0 aliphatic heterocycles. The Kier molecular flexibility index (Phi) is 24.1. The number of benzene rings is 3. The molecule has 0 heterocycles. The Bertz CT molecular complexity index is 1360. The summed E-state index contributed by atoms with van der Waals surface area (Å²) in [4.78, 5) is 66.2. The maximum absolute atomic E-state index is 12.0.